The first-order chi connectivity index (χ1) is 6.77. The number of Topliss-reactive ketones (excluding diaryl/α,β-unsaturated/α-hetero) is 1. The zero-order valence-electron chi connectivity index (χ0n) is 7.70. The third-order valence-corrected chi connectivity index (χ3v) is 3.09. The Labute approximate surface area is 91.4 Å². The van der Waals surface area contributed by atoms with Gasteiger partial charge in [-0.15, -0.1) is 0 Å². The van der Waals surface area contributed by atoms with E-state index in [0.717, 1.165) is 10.0 Å². The molecule has 74 valence electrons. The second kappa shape index (κ2) is 4.24. The molecule has 3 heteroatoms. The first kappa shape index (κ1) is 9.87. The average Bonchev–Trinajstić information content (AvgIpc) is 2.18. The predicted molar refractivity (Wildman–Crippen MR) is 57.1 cm³/mol. The Morgan fingerprint density at radius 3 is 2.86 bits per heavy atom. The van der Waals surface area contributed by atoms with E-state index >= 15 is 0 Å². The molecule has 0 amide bonds. The van der Waals surface area contributed by atoms with Gasteiger partial charge in [0.15, 0.2) is 0 Å². The van der Waals surface area contributed by atoms with Crippen molar-refractivity contribution in [1.29, 1.82) is 0 Å². The molecule has 1 heterocycles. The highest BCUT2D eigenvalue weighted by atomic mass is 79.9. The Kier molecular flexibility index (Phi) is 2.99. The van der Waals surface area contributed by atoms with Crippen molar-refractivity contribution in [3.63, 3.8) is 0 Å². The summed E-state index contributed by atoms with van der Waals surface area (Å²) >= 11 is 3.46. The van der Waals surface area contributed by atoms with E-state index in [-0.39, 0.29) is 11.9 Å². The number of halogens is 1. The van der Waals surface area contributed by atoms with Gasteiger partial charge in [0.05, 0.1) is 12.7 Å². The molecule has 0 N–H and O–H groups in total. The van der Waals surface area contributed by atoms with Crippen LogP contribution in [0.25, 0.3) is 0 Å². The number of ether oxygens (including phenoxy) is 1. The van der Waals surface area contributed by atoms with Gasteiger partial charge in [-0.25, -0.2) is 0 Å². The van der Waals surface area contributed by atoms with Crippen LogP contribution in [0, 0.1) is 0 Å². The summed E-state index contributed by atoms with van der Waals surface area (Å²) in [5.41, 5.74) is 1.07. The fourth-order valence-electron chi connectivity index (χ4n) is 1.62. The van der Waals surface area contributed by atoms with Crippen molar-refractivity contribution in [2.75, 3.05) is 6.61 Å². The van der Waals surface area contributed by atoms with Crippen LogP contribution in [0.4, 0.5) is 0 Å². The molecule has 1 saturated heterocycles. The molecule has 0 spiro atoms. The number of hydrogen-bond donors (Lipinski definition) is 0. The zero-order chi connectivity index (χ0) is 9.97. The lowest BCUT2D eigenvalue weighted by atomic mass is 10.0. The molecule has 1 aromatic carbocycles. The SMILES string of the molecule is O=C1CCOC(c2ccccc2Br)C1. The fraction of sp³-hybridized carbons (Fsp3) is 0.364. The molecule has 1 aliphatic rings. The molecule has 1 fully saturated rings. The quantitative estimate of drug-likeness (QED) is 0.771. The first-order valence-corrected chi connectivity index (χ1v) is 5.44. The molecule has 0 radical (unpaired) electrons. The lowest BCUT2D eigenvalue weighted by Crippen LogP contribution is -2.19. The van der Waals surface area contributed by atoms with Crippen LogP contribution < -0.4 is 0 Å². The van der Waals surface area contributed by atoms with Crippen LogP contribution in [0.5, 0.6) is 0 Å². The zero-order valence-corrected chi connectivity index (χ0v) is 9.29. The molecule has 0 saturated carbocycles. The summed E-state index contributed by atoms with van der Waals surface area (Å²) in [6.45, 7) is 0.546. The Hall–Kier alpha value is -0.670. The summed E-state index contributed by atoms with van der Waals surface area (Å²) in [6, 6.07) is 7.88. The molecule has 1 aliphatic heterocycles. The van der Waals surface area contributed by atoms with Crippen LogP contribution in [0.15, 0.2) is 28.7 Å². The van der Waals surface area contributed by atoms with Crippen molar-refractivity contribution in [3.8, 4) is 0 Å². The largest absolute Gasteiger partial charge is 0.373 e. The van der Waals surface area contributed by atoms with E-state index in [1.807, 2.05) is 24.3 Å². The minimum absolute atomic E-state index is 0.0631. The second-order valence-electron chi connectivity index (χ2n) is 3.37. The summed E-state index contributed by atoms with van der Waals surface area (Å²) in [4.78, 5) is 11.3. The van der Waals surface area contributed by atoms with Crippen LogP contribution >= 0.6 is 15.9 Å². The summed E-state index contributed by atoms with van der Waals surface area (Å²) in [6.07, 6.45) is 0.996. The third-order valence-electron chi connectivity index (χ3n) is 2.37. The highest BCUT2D eigenvalue weighted by Crippen LogP contribution is 2.31. The van der Waals surface area contributed by atoms with Gasteiger partial charge in [0, 0.05) is 17.3 Å². The van der Waals surface area contributed by atoms with E-state index in [4.69, 9.17) is 4.74 Å². The summed E-state index contributed by atoms with van der Waals surface area (Å²) in [5, 5.41) is 0. The van der Waals surface area contributed by atoms with Crippen molar-refractivity contribution in [1.82, 2.24) is 0 Å². The molecular weight excluding hydrogens is 244 g/mol. The van der Waals surface area contributed by atoms with Crippen molar-refractivity contribution < 1.29 is 9.53 Å². The van der Waals surface area contributed by atoms with Crippen molar-refractivity contribution >= 4 is 21.7 Å². The molecule has 1 aromatic rings. The Morgan fingerprint density at radius 1 is 1.36 bits per heavy atom. The first-order valence-electron chi connectivity index (χ1n) is 4.65. The third kappa shape index (κ3) is 2.04. The fourth-order valence-corrected chi connectivity index (χ4v) is 2.16. The van der Waals surface area contributed by atoms with Gasteiger partial charge in [0.2, 0.25) is 0 Å². The lowest BCUT2D eigenvalue weighted by molar-refractivity contribution is -0.128. The molecule has 2 nitrogen and oxygen atoms in total. The Morgan fingerprint density at radius 2 is 2.14 bits per heavy atom. The predicted octanol–water partition coefficient (Wildman–Crippen LogP) is 2.87. The minimum Gasteiger partial charge on any atom is -0.373 e. The summed E-state index contributed by atoms with van der Waals surface area (Å²) in [5.74, 6) is 0.289. The maximum absolute atomic E-state index is 11.3. The van der Waals surface area contributed by atoms with E-state index < -0.39 is 0 Å². The molecule has 14 heavy (non-hydrogen) atoms. The van der Waals surface area contributed by atoms with E-state index in [1.54, 1.807) is 0 Å². The monoisotopic (exact) mass is 254 g/mol. The summed E-state index contributed by atoms with van der Waals surface area (Å²) < 4.78 is 6.58. The van der Waals surface area contributed by atoms with Gasteiger partial charge >= 0.3 is 0 Å². The van der Waals surface area contributed by atoms with Gasteiger partial charge in [0.25, 0.3) is 0 Å². The van der Waals surface area contributed by atoms with Crippen LogP contribution in [0.1, 0.15) is 24.5 Å². The number of ketones is 1. The molecule has 1 atom stereocenters. The molecule has 0 bridgehead atoms. The van der Waals surface area contributed by atoms with Crippen molar-refractivity contribution in [2.45, 2.75) is 18.9 Å². The molecule has 0 aliphatic carbocycles. The van der Waals surface area contributed by atoms with Crippen molar-refractivity contribution in [3.05, 3.63) is 34.3 Å². The number of rotatable bonds is 1. The van der Waals surface area contributed by atoms with Crippen LogP contribution in [0.2, 0.25) is 0 Å². The maximum Gasteiger partial charge on any atom is 0.138 e. The minimum atomic E-state index is -0.0631. The smallest absolute Gasteiger partial charge is 0.138 e. The molecule has 0 aromatic heterocycles. The van der Waals surface area contributed by atoms with Crippen LogP contribution in [-0.2, 0) is 9.53 Å². The Bertz CT molecular complexity index is 349. The van der Waals surface area contributed by atoms with Gasteiger partial charge in [0.1, 0.15) is 5.78 Å². The van der Waals surface area contributed by atoms with E-state index in [2.05, 4.69) is 15.9 Å². The standard InChI is InChI=1S/C11H11BrO2/c12-10-4-2-1-3-9(10)11-7-8(13)5-6-14-11/h1-4,11H,5-7H2. The second-order valence-corrected chi connectivity index (χ2v) is 4.23. The highest BCUT2D eigenvalue weighted by Gasteiger charge is 2.22. The Balaban J connectivity index is 2.22. The van der Waals surface area contributed by atoms with Gasteiger partial charge in [-0.1, -0.05) is 34.1 Å². The van der Waals surface area contributed by atoms with E-state index in [0.29, 0.717) is 19.4 Å². The maximum atomic E-state index is 11.3. The highest BCUT2D eigenvalue weighted by molar-refractivity contribution is 9.10. The molecule has 2 rings (SSSR count). The number of carbonyl (C=O) groups is 1. The van der Waals surface area contributed by atoms with E-state index in [1.165, 1.54) is 0 Å². The van der Waals surface area contributed by atoms with Crippen molar-refractivity contribution in [2.24, 2.45) is 0 Å². The number of benzene rings is 1. The lowest BCUT2D eigenvalue weighted by Gasteiger charge is -2.22. The van der Waals surface area contributed by atoms with Gasteiger partial charge < -0.3 is 4.74 Å². The average molecular weight is 255 g/mol. The molecule has 1 unspecified atom stereocenters. The summed E-state index contributed by atoms with van der Waals surface area (Å²) in [7, 11) is 0. The van der Waals surface area contributed by atoms with Gasteiger partial charge in [-0.05, 0) is 11.6 Å². The number of hydrogen-bond acceptors (Lipinski definition) is 2. The number of carbonyl (C=O) groups excluding carboxylic acids is 1. The van der Waals surface area contributed by atoms with Gasteiger partial charge in [-0.2, -0.15) is 0 Å². The topological polar surface area (TPSA) is 26.3 Å². The van der Waals surface area contributed by atoms with Crippen LogP contribution in [-0.4, -0.2) is 12.4 Å². The normalized spacial score (nSPS) is 22.4. The van der Waals surface area contributed by atoms with Crippen LogP contribution in [0.3, 0.4) is 0 Å². The molecular formula is C11H11BrO2. The van der Waals surface area contributed by atoms with Gasteiger partial charge in [-0.3, -0.25) is 4.79 Å². The van der Waals surface area contributed by atoms with E-state index in [9.17, 15) is 4.79 Å².